The average Bonchev–Trinajstić information content (AvgIpc) is 3.25. The molecule has 1 saturated carbocycles. The van der Waals surface area contributed by atoms with E-state index in [-0.39, 0.29) is 0 Å². The van der Waals surface area contributed by atoms with Crippen molar-refractivity contribution in [1.29, 1.82) is 0 Å². The van der Waals surface area contributed by atoms with Gasteiger partial charge >= 0.3 is 0 Å². The van der Waals surface area contributed by atoms with Crippen LogP contribution in [0.15, 0.2) is 36.4 Å². The van der Waals surface area contributed by atoms with E-state index in [1.807, 2.05) is 0 Å². The molecule has 0 radical (unpaired) electrons. The molecule has 2 nitrogen and oxygen atoms in total. The molecule has 106 valence electrons. The molecule has 1 aliphatic carbocycles. The second-order valence-corrected chi connectivity index (χ2v) is 5.71. The predicted octanol–water partition coefficient (Wildman–Crippen LogP) is 3.95. The molecule has 0 bridgehead atoms. The lowest BCUT2D eigenvalue weighted by atomic mass is 9.99. The van der Waals surface area contributed by atoms with Crippen molar-refractivity contribution in [2.45, 2.75) is 25.7 Å². The number of benzene rings is 2. The van der Waals surface area contributed by atoms with Gasteiger partial charge in [0.25, 0.3) is 0 Å². The Hall–Kier alpha value is -1.54. The number of hydrogen-bond donors (Lipinski definition) is 1. The molecular weight excluding hydrogens is 246 g/mol. The third-order valence-electron chi connectivity index (χ3n) is 4.28. The summed E-state index contributed by atoms with van der Waals surface area (Å²) in [6, 6.07) is 12.9. The predicted molar refractivity (Wildman–Crippen MR) is 84.5 cm³/mol. The number of rotatable bonds is 6. The monoisotopic (exact) mass is 269 g/mol. The second-order valence-electron chi connectivity index (χ2n) is 5.71. The molecule has 1 fully saturated rings. The summed E-state index contributed by atoms with van der Waals surface area (Å²) in [6.07, 6.45) is 2.48. The van der Waals surface area contributed by atoms with Gasteiger partial charge in [0, 0.05) is 5.56 Å². The van der Waals surface area contributed by atoms with Crippen LogP contribution >= 0.6 is 0 Å². The molecule has 0 heterocycles. The Kier molecular flexibility index (Phi) is 3.93. The molecule has 1 N–H and O–H groups in total. The number of hydrogen-bond acceptors (Lipinski definition) is 2. The maximum Gasteiger partial charge on any atom is 0.122 e. The molecule has 0 spiro atoms. The van der Waals surface area contributed by atoms with Crippen molar-refractivity contribution in [2.24, 2.45) is 5.92 Å². The first-order valence-electron chi connectivity index (χ1n) is 7.61. The van der Waals surface area contributed by atoms with Crippen LogP contribution in [0.5, 0.6) is 5.75 Å². The summed E-state index contributed by atoms with van der Waals surface area (Å²) in [5.74, 6) is 2.47. The van der Waals surface area contributed by atoms with Gasteiger partial charge in [-0.2, -0.15) is 0 Å². The van der Waals surface area contributed by atoms with E-state index in [0.717, 1.165) is 24.8 Å². The normalized spacial score (nSPS) is 21.1. The molecule has 2 unspecified atom stereocenters. The van der Waals surface area contributed by atoms with Crippen molar-refractivity contribution in [3.8, 4) is 5.75 Å². The summed E-state index contributed by atoms with van der Waals surface area (Å²) >= 11 is 0. The van der Waals surface area contributed by atoms with Gasteiger partial charge in [0.15, 0.2) is 0 Å². The molecule has 2 atom stereocenters. The first-order valence-corrected chi connectivity index (χ1v) is 7.61. The van der Waals surface area contributed by atoms with Crippen molar-refractivity contribution in [3.05, 3.63) is 42.0 Å². The fraction of sp³-hybridized carbons (Fsp3) is 0.444. The lowest BCUT2D eigenvalue weighted by Gasteiger charge is -2.12. The van der Waals surface area contributed by atoms with Gasteiger partial charge in [-0.15, -0.1) is 0 Å². The van der Waals surface area contributed by atoms with Crippen molar-refractivity contribution in [3.63, 3.8) is 0 Å². The van der Waals surface area contributed by atoms with Crippen molar-refractivity contribution < 1.29 is 4.74 Å². The molecule has 0 aromatic heterocycles. The molecule has 2 aromatic rings. The molecule has 20 heavy (non-hydrogen) atoms. The van der Waals surface area contributed by atoms with Gasteiger partial charge in [0.2, 0.25) is 0 Å². The largest absolute Gasteiger partial charge is 0.496 e. The maximum absolute atomic E-state index is 5.61. The molecule has 2 heteroatoms. The van der Waals surface area contributed by atoms with Crippen LogP contribution in [0.2, 0.25) is 0 Å². The fourth-order valence-electron chi connectivity index (χ4n) is 3.13. The van der Waals surface area contributed by atoms with Crippen LogP contribution in [-0.4, -0.2) is 20.2 Å². The van der Waals surface area contributed by atoms with E-state index in [9.17, 15) is 0 Å². The Morgan fingerprint density at radius 1 is 1.20 bits per heavy atom. The third-order valence-corrected chi connectivity index (χ3v) is 4.28. The summed E-state index contributed by atoms with van der Waals surface area (Å²) in [4.78, 5) is 0. The number of methoxy groups -OCH3 is 1. The van der Waals surface area contributed by atoms with Gasteiger partial charge in [0.1, 0.15) is 5.75 Å². The van der Waals surface area contributed by atoms with Gasteiger partial charge < -0.3 is 10.1 Å². The lowest BCUT2D eigenvalue weighted by molar-refractivity contribution is 0.410. The van der Waals surface area contributed by atoms with E-state index < -0.39 is 0 Å². The number of fused-ring (bicyclic) bond motifs is 1. The first kappa shape index (κ1) is 13.4. The fourth-order valence-corrected chi connectivity index (χ4v) is 3.13. The molecule has 0 amide bonds. The molecule has 0 saturated heterocycles. The summed E-state index contributed by atoms with van der Waals surface area (Å²) < 4.78 is 5.61. The van der Waals surface area contributed by atoms with Gasteiger partial charge in [-0.25, -0.2) is 0 Å². The molecular formula is C18H23NO. The van der Waals surface area contributed by atoms with Crippen LogP contribution in [0.4, 0.5) is 0 Å². The van der Waals surface area contributed by atoms with Gasteiger partial charge in [0.05, 0.1) is 7.11 Å². The Balaban J connectivity index is 1.87. The lowest BCUT2D eigenvalue weighted by Crippen LogP contribution is -2.17. The zero-order valence-electron chi connectivity index (χ0n) is 12.4. The van der Waals surface area contributed by atoms with E-state index in [1.165, 1.54) is 29.2 Å². The van der Waals surface area contributed by atoms with E-state index in [2.05, 4.69) is 48.6 Å². The Morgan fingerprint density at radius 3 is 2.85 bits per heavy atom. The highest BCUT2D eigenvalue weighted by atomic mass is 16.5. The summed E-state index contributed by atoms with van der Waals surface area (Å²) in [5, 5.41) is 6.21. The van der Waals surface area contributed by atoms with E-state index in [0.29, 0.717) is 5.92 Å². The summed E-state index contributed by atoms with van der Waals surface area (Å²) in [7, 11) is 1.78. The average molecular weight is 269 g/mol. The molecule has 1 aliphatic rings. The van der Waals surface area contributed by atoms with Crippen molar-refractivity contribution >= 4 is 10.8 Å². The Labute approximate surface area is 121 Å². The minimum absolute atomic E-state index is 0.653. The topological polar surface area (TPSA) is 21.3 Å². The van der Waals surface area contributed by atoms with Gasteiger partial charge in [-0.3, -0.25) is 0 Å². The third kappa shape index (κ3) is 2.53. The molecule has 3 rings (SSSR count). The minimum Gasteiger partial charge on any atom is -0.496 e. The van der Waals surface area contributed by atoms with Gasteiger partial charge in [-0.05, 0) is 54.6 Å². The van der Waals surface area contributed by atoms with Crippen LogP contribution in [0, 0.1) is 5.92 Å². The van der Waals surface area contributed by atoms with Gasteiger partial charge in [-0.1, -0.05) is 37.3 Å². The minimum atomic E-state index is 0.653. The van der Waals surface area contributed by atoms with E-state index in [4.69, 9.17) is 4.74 Å². The Morgan fingerprint density at radius 2 is 2.05 bits per heavy atom. The highest BCUT2D eigenvalue weighted by Gasteiger charge is 2.40. The van der Waals surface area contributed by atoms with Crippen LogP contribution in [0.25, 0.3) is 10.8 Å². The summed E-state index contributed by atoms with van der Waals surface area (Å²) in [5.41, 5.74) is 1.41. The van der Waals surface area contributed by atoms with E-state index >= 15 is 0 Å². The molecule has 0 aliphatic heterocycles. The number of nitrogens with one attached hydrogen (secondary N) is 1. The van der Waals surface area contributed by atoms with Crippen LogP contribution in [-0.2, 0) is 0 Å². The highest BCUT2D eigenvalue weighted by molar-refractivity contribution is 5.88. The van der Waals surface area contributed by atoms with Crippen molar-refractivity contribution in [1.82, 2.24) is 5.32 Å². The zero-order valence-corrected chi connectivity index (χ0v) is 12.4. The molecule has 2 aromatic carbocycles. The first-order chi connectivity index (χ1) is 9.85. The zero-order chi connectivity index (χ0) is 13.9. The maximum atomic E-state index is 5.61. The van der Waals surface area contributed by atoms with Crippen molar-refractivity contribution in [2.75, 3.05) is 20.2 Å². The van der Waals surface area contributed by atoms with Crippen LogP contribution < -0.4 is 10.1 Å². The Bertz CT molecular complexity index is 593. The SMILES string of the molecule is CCCNCC1CC1c1c(OC)ccc2ccccc12. The second kappa shape index (κ2) is 5.84. The van der Waals surface area contributed by atoms with Crippen LogP contribution in [0.1, 0.15) is 31.2 Å². The standard InChI is InChI=1S/C18H23NO/c1-3-10-19-12-14-11-16(14)18-15-7-5-4-6-13(15)8-9-17(18)20-2/h4-9,14,16,19H,3,10-12H2,1-2H3. The van der Waals surface area contributed by atoms with Crippen LogP contribution in [0.3, 0.4) is 0 Å². The highest BCUT2D eigenvalue weighted by Crippen LogP contribution is 2.52. The quantitative estimate of drug-likeness (QED) is 0.802. The summed E-state index contributed by atoms with van der Waals surface area (Å²) in [6.45, 7) is 4.46. The van der Waals surface area contributed by atoms with E-state index in [1.54, 1.807) is 7.11 Å². The smallest absolute Gasteiger partial charge is 0.122 e. The number of ether oxygens (including phenoxy) is 1.